The third-order valence-electron chi connectivity index (χ3n) is 3.21. The minimum atomic E-state index is -0.647. The summed E-state index contributed by atoms with van der Waals surface area (Å²) in [6.07, 6.45) is 1.14. The lowest BCUT2D eigenvalue weighted by Crippen LogP contribution is -2.26. The Balaban J connectivity index is 2.37. The van der Waals surface area contributed by atoms with Crippen LogP contribution < -0.4 is 10.2 Å². The van der Waals surface area contributed by atoms with Crippen molar-refractivity contribution in [2.75, 3.05) is 23.3 Å². The smallest absolute Gasteiger partial charge is 0.353 e. The summed E-state index contributed by atoms with van der Waals surface area (Å²) in [5.41, 5.74) is 0.338. The fraction of sp³-hybridized carbons (Fsp3) is 0.200. The fourth-order valence-corrected chi connectivity index (χ4v) is 2.30. The molecule has 126 valence electrons. The van der Waals surface area contributed by atoms with Crippen LogP contribution in [0.4, 0.5) is 17.3 Å². The SMILES string of the molecule is N#CCN(CC#N)c1ncnc(NCc2ccccc2Cl)c1[N+](=O)[O-]. The van der Waals surface area contributed by atoms with E-state index < -0.39 is 10.6 Å². The van der Waals surface area contributed by atoms with E-state index in [1.807, 2.05) is 12.1 Å². The lowest BCUT2D eigenvalue weighted by Gasteiger charge is -2.17. The first-order valence-electron chi connectivity index (χ1n) is 7.04. The van der Waals surface area contributed by atoms with Crippen molar-refractivity contribution < 1.29 is 4.92 Å². The number of nitrogens with one attached hydrogen (secondary N) is 1. The average Bonchev–Trinajstić information content (AvgIpc) is 2.60. The lowest BCUT2D eigenvalue weighted by atomic mass is 10.2. The highest BCUT2D eigenvalue weighted by molar-refractivity contribution is 6.31. The maximum absolute atomic E-state index is 11.5. The number of benzene rings is 1. The van der Waals surface area contributed by atoms with Gasteiger partial charge in [-0.15, -0.1) is 0 Å². The Morgan fingerprint density at radius 1 is 1.24 bits per heavy atom. The highest BCUT2D eigenvalue weighted by Gasteiger charge is 2.27. The molecule has 0 spiro atoms. The molecule has 0 atom stereocenters. The van der Waals surface area contributed by atoms with Crippen LogP contribution in [0.15, 0.2) is 30.6 Å². The molecule has 0 unspecified atom stereocenters. The molecule has 0 amide bonds. The number of anilines is 2. The van der Waals surface area contributed by atoms with Gasteiger partial charge in [-0.1, -0.05) is 29.8 Å². The molecule has 0 bridgehead atoms. The number of aromatic nitrogens is 2. The molecule has 1 heterocycles. The van der Waals surface area contributed by atoms with Crippen LogP contribution >= 0.6 is 11.6 Å². The molecule has 1 aromatic heterocycles. The van der Waals surface area contributed by atoms with Crippen LogP contribution in [0.1, 0.15) is 5.56 Å². The number of hydrogen-bond acceptors (Lipinski definition) is 8. The summed E-state index contributed by atoms with van der Waals surface area (Å²) in [6, 6.07) is 10.8. The van der Waals surface area contributed by atoms with Crippen LogP contribution in [-0.4, -0.2) is 28.0 Å². The first-order valence-corrected chi connectivity index (χ1v) is 7.41. The van der Waals surface area contributed by atoms with Gasteiger partial charge in [0, 0.05) is 11.6 Å². The number of halogens is 1. The normalized spacial score (nSPS) is 9.72. The zero-order chi connectivity index (χ0) is 18.2. The Kier molecular flexibility index (Phi) is 6.04. The van der Waals surface area contributed by atoms with Crippen molar-refractivity contribution >= 4 is 28.9 Å². The molecular weight excluding hydrogens is 346 g/mol. The summed E-state index contributed by atoms with van der Waals surface area (Å²) >= 11 is 6.07. The molecule has 10 heteroatoms. The summed E-state index contributed by atoms with van der Waals surface area (Å²) in [6.45, 7) is -0.210. The maximum atomic E-state index is 11.5. The van der Waals surface area contributed by atoms with E-state index in [9.17, 15) is 10.1 Å². The van der Waals surface area contributed by atoms with Crippen molar-refractivity contribution in [3.63, 3.8) is 0 Å². The van der Waals surface area contributed by atoms with Gasteiger partial charge in [-0.2, -0.15) is 10.5 Å². The van der Waals surface area contributed by atoms with Gasteiger partial charge in [-0.3, -0.25) is 10.1 Å². The van der Waals surface area contributed by atoms with Crippen LogP contribution in [0.5, 0.6) is 0 Å². The number of nitriles is 2. The second kappa shape index (κ2) is 8.43. The van der Waals surface area contributed by atoms with Gasteiger partial charge in [0.05, 0.1) is 17.1 Å². The van der Waals surface area contributed by atoms with Crippen molar-refractivity contribution in [2.45, 2.75) is 6.54 Å². The van der Waals surface area contributed by atoms with Gasteiger partial charge in [-0.25, -0.2) is 9.97 Å². The highest BCUT2D eigenvalue weighted by Crippen LogP contribution is 2.32. The topological polar surface area (TPSA) is 132 Å². The Bertz CT molecular complexity index is 844. The molecule has 0 aliphatic rings. The van der Waals surface area contributed by atoms with Gasteiger partial charge in [0.25, 0.3) is 0 Å². The van der Waals surface area contributed by atoms with E-state index in [2.05, 4.69) is 15.3 Å². The largest absolute Gasteiger partial charge is 0.360 e. The minimum absolute atomic E-state index is 0.0178. The summed E-state index contributed by atoms with van der Waals surface area (Å²) in [5.74, 6) is -0.111. The van der Waals surface area contributed by atoms with Crippen LogP contribution in [-0.2, 0) is 6.54 Å². The van der Waals surface area contributed by atoms with Crippen LogP contribution in [0.25, 0.3) is 0 Å². The molecule has 25 heavy (non-hydrogen) atoms. The molecule has 0 radical (unpaired) electrons. The van der Waals surface area contributed by atoms with Gasteiger partial charge >= 0.3 is 5.69 Å². The van der Waals surface area contributed by atoms with Crippen LogP contribution in [0.2, 0.25) is 5.02 Å². The second-order valence-corrected chi connectivity index (χ2v) is 5.18. The third-order valence-corrected chi connectivity index (χ3v) is 3.58. The van der Waals surface area contributed by atoms with E-state index in [0.29, 0.717) is 5.02 Å². The number of nitro groups is 1. The summed E-state index contributed by atoms with van der Waals surface area (Å²) in [5, 5.41) is 32.6. The van der Waals surface area contributed by atoms with Crippen molar-refractivity contribution in [2.24, 2.45) is 0 Å². The van der Waals surface area contributed by atoms with E-state index >= 15 is 0 Å². The Morgan fingerprint density at radius 2 is 1.92 bits per heavy atom. The van der Waals surface area contributed by atoms with Gasteiger partial charge in [0.15, 0.2) is 0 Å². The Hall–Kier alpha value is -3.43. The maximum Gasteiger partial charge on any atom is 0.353 e. The van der Waals surface area contributed by atoms with Crippen molar-refractivity contribution in [3.8, 4) is 12.1 Å². The summed E-state index contributed by atoms with van der Waals surface area (Å²) < 4.78 is 0. The summed E-state index contributed by atoms with van der Waals surface area (Å²) in [7, 11) is 0. The highest BCUT2D eigenvalue weighted by atomic mass is 35.5. The molecule has 0 aliphatic heterocycles. The summed E-state index contributed by atoms with van der Waals surface area (Å²) in [4.78, 5) is 19.8. The molecule has 0 saturated carbocycles. The molecular formula is C15H12ClN7O2. The van der Waals surface area contributed by atoms with Crippen molar-refractivity contribution in [1.29, 1.82) is 10.5 Å². The van der Waals surface area contributed by atoms with E-state index in [1.54, 1.807) is 24.3 Å². The first kappa shape index (κ1) is 17.9. The zero-order valence-electron chi connectivity index (χ0n) is 12.9. The van der Waals surface area contributed by atoms with E-state index in [1.165, 1.54) is 4.90 Å². The van der Waals surface area contributed by atoms with Gasteiger partial charge in [-0.05, 0) is 11.6 Å². The van der Waals surface area contributed by atoms with E-state index in [-0.39, 0.29) is 31.3 Å². The molecule has 9 nitrogen and oxygen atoms in total. The molecule has 2 rings (SSSR count). The quantitative estimate of drug-likeness (QED) is 0.454. The monoisotopic (exact) mass is 357 g/mol. The number of nitrogens with zero attached hydrogens (tertiary/aromatic N) is 6. The van der Waals surface area contributed by atoms with Gasteiger partial charge in [0.2, 0.25) is 11.6 Å². The zero-order valence-corrected chi connectivity index (χ0v) is 13.6. The number of rotatable bonds is 7. The molecule has 2 aromatic rings. The van der Waals surface area contributed by atoms with Gasteiger partial charge < -0.3 is 10.2 Å². The molecule has 1 N–H and O–H groups in total. The predicted molar refractivity (Wildman–Crippen MR) is 90.9 cm³/mol. The predicted octanol–water partition coefficient (Wildman–Crippen LogP) is 2.50. The minimum Gasteiger partial charge on any atom is -0.360 e. The number of hydrogen-bond donors (Lipinski definition) is 1. The molecule has 0 saturated heterocycles. The average molecular weight is 358 g/mol. The Labute approximate surface area is 148 Å². The molecule has 0 fully saturated rings. The second-order valence-electron chi connectivity index (χ2n) is 4.77. The van der Waals surface area contributed by atoms with Crippen LogP contribution in [0.3, 0.4) is 0 Å². The standard InChI is InChI=1S/C15H12ClN7O2/c16-12-4-2-1-3-11(12)9-19-14-13(23(24)25)15(21-10-20-14)22(7-5-17)8-6-18/h1-4,10H,7-9H2,(H,19,20,21). The molecule has 0 aliphatic carbocycles. The first-order chi connectivity index (χ1) is 12.1. The van der Waals surface area contributed by atoms with Gasteiger partial charge in [0.1, 0.15) is 19.4 Å². The van der Waals surface area contributed by atoms with Crippen molar-refractivity contribution in [3.05, 3.63) is 51.3 Å². The van der Waals surface area contributed by atoms with E-state index in [4.69, 9.17) is 22.1 Å². The lowest BCUT2D eigenvalue weighted by molar-refractivity contribution is -0.383. The van der Waals surface area contributed by atoms with E-state index in [0.717, 1.165) is 11.9 Å². The van der Waals surface area contributed by atoms with Crippen molar-refractivity contribution in [1.82, 2.24) is 9.97 Å². The molecule has 1 aromatic carbocycles. The Morgan fingerprint density at radius 3 is 2.52 bits per heavy atom. The fourth-order valence-electron chi connectivity index (χ4n) is 2.10. The third kappa shape index (κ3) is 4.31. The van der Waals surface area contributed by atoms with Crippen LogP contribution in [0, 0.1) is 32.8 Å².